The number of nitrogens with zero attached hydrogens (tertiary/aromatic N) is 2. The van der Waals surface area contributed by atoms with Crippen LogP contribution >= 0.6 is 11.3 Å². The second-order valence-corrected chi connectivity index (χ2v) is 9.63. The van der Waals surface area contributed by atoms with Gasteiger partial charge >= 0.3 is 0 Å². The Morgan fingerprint density at radius 1 is 1.28 bits per heavy atom. The summed E-state index contributed by atoms with van der Waals surface area (Å²) in [6.45, 7) is 0. The highest BCUT2D eigenvalue weighted by atomic mass is 32.2. The number of amides is 1. The van der Waals surface area contributed by atoms with Gasteiger partial charge in [-0.3, -0.25) is 4.79 Å². The van der Waals surface area contributed by atoms with Gasteiger partial charge in [0.15, 0.2) is 9.84 Å². The Morgan fingerprint density at radius 2 is 2.04 bits per heavy atom. The van der Waals surface area contributed by atoms with Crippen molar-refractivity contribution in [3.05, 3.63) is 52.0 Å². The van der Waals surface area contributed by atoms with Gasteiger partial charge < -0.3 is 4.90 Å². The maximum absolute atomic E-state index is 12.4. The van der Waals surface area contributed by atoms with Crippen molar-refractivity contribution in [2.24, 2.45) is 0 Å². The standard InChI is InChI=1S/C18H22N2O3S2/c1-20(16-9-10-25(22,23)13-16)18(21)11-15-12-24-17(19-15)8-7-14-5-3-2-4-6-14/h2-6,12,16H,7-11,13H2,1H3. The maximum Gasteiger partial charge on any atom is 0.228 e. The molecule has 1 aromatic carbocycles. The monoisotopic (exact) mass is 378 g/mol. The highest BCUT2D eigenvalue weighted by Crippen LogP contribution is 2.18. The first kappa shape index (κ1) is 18.1. The molecule has 25 heavy (non-hydrogen) atoms. The van der Waals surface area contributed by atoms with E-state index in [0.29, 0.717) is 6.42 Å². The molecule has 7 heteroatoms. The molecular formula is C18H22N2O3S2. The van der Waals surface area contributed by atoms with Gasteiger partial charge in [0, 0.05) is 24.9 Å². The van der Waals surface area contributed by atoms with E-state index < -0.39 is 9.84 Å². The van der Waals surface area contributed by atoms with Crippen molar-refractivity contribution in [1.29, 1.82) is 0 Å². The van der Waals surface area contributed by atoms with Crippen molar-refractivity contribution in [1.82, 2.24) is 9.88 Å². The van der Waals surface area contributed by atoms with Crippen molar-refractivity contribution in [3.63, 3.8) is 0 Å². The molecule has 2 heterocycles. The summed E-state index contributed by atoms with van der Waals surface area (Å²) in [7, 11) is -1.29. The molecule has 1 fully saturated rings. The maximum atomic E-state index is 12.4. The Hall–Kier alpha value is -1.73. The van der Waals surface area contributed by atoms with Gasteiger partial charge in [0.1, 0.15) is 0 Å². The van der Waals surface area contributed by atoms with E-state index in [9.17, 15) is 13.2 Å². The van der Waals surface area contributed by atoms with Crippen molar-refractivity contribution < 1.29 is 13.2 Å². The van der Waals surface area contributed by atoms with Gasteiger partial charge in [0.2, 0.25) is 5.91 Å². The number of hydrogen-bond acceptors (Lipinski definition) is 5. The number of rotatable bonds is 6. The molecule has 2 aromatic rings. The highest BCUT2D eigenvalue weighted by molar-refractivity contribution is 7.91. The van der Waals surface area contributed by atoms with Crippen LogP contribution in [0, 0.1) is 0 Å². The smallest absolute Gasteiger partial charge is 0.228 e. The van der Waals surface area contributed by atoms with Gasteiger partial charge in [-0.05, 0) is 18.4 Å². The van der Waals surface area contributed by atoms with E-state index in [1.807, 2.05) is 23.6 Å². The number of hydrogen-bond donors (Lipinski definition) is 0. The molecule has 0 aliphatic carbocycles. The zero-order chi connectivity index (χ0) is 17.9. The van der Waals surface area contributed by atoms with E-state index >= 15 is 0 Å². The first-order valence-corrected chi connectivity index (χ1v) is 11.1. The van der Waals surface area contributed by atoms with Crippen molar-refractivity contribution in [2.75, 3.05) is 18.6 Å². The number of thiazole rings is 1. The van der Waals surface area contributed by atoms with E-state index in [1.54, 1.807) is 23.3 Å². The summed E-state index contributed by atoms with van der Waals surface area (Å²) >= 11 is 1.58. The molecule has 3 rings (SSSR count). The summed E-state index contributed by atoms with van der Waals surface area (Å²) in [5, 5.41) is 2.95. The number of benzene rings is 1. The topological polar surface area (TPSA) is 67.3 Å². The number of carbonyl (C=O) groups excluding carboxylic acids is 1. The van der Waals surface area contributed by atoms with Crippen LogP contribution in [0.25, 0.3) is 0 Å². The number of aromatic nitrogens is 1. The van der Waals surface area contributed by atoms with Gasteiger partial charge in [-0.1, -0.05) is 30.3 Å². The van der Waals surface area contributed by atoms with Crippen LogP contribution in [0.15, 0.2) is 35.7 Å². The lowest BCUT2D eigenvalue weighted by Crippen LogP contribution is -2.38. The molecule has 134 valence electrons. The van der Waals surface area contributed by atoms with Crippen LogP contribution in [0.1, 0.15) is 22.7 Å². The third-order valence-electron chi connectivity index (χ3n) is 4.55. The van der Waals surface area contributed by atoms with Crippen LogP contribution in [0.2, 0.25) is 0 Å². The van der Waals surface area contributed by atoms with Crippen LogP contribution < -0.4 is 0 Å². The number of sulfone groups is 1. The van der Waals surface area contributed by atoms with Gasteiger partial charge in [-0.2, -0.15) is 0 Å². The number of aryl methyl sites for hydroxylation is 2. The summed E-state index contributed by atoms with van der Waals surface area (Å²) in [5.41, 5.74) is 2.04. The zero-order valence-corrected chi connectivity index (χ0v) is 15.9. The molecule has 0 bridgehead atoms. The molecule has 5 nitrogen and oxygen atoms in total. The average Bonchev–Trinajstić information content (AvgIpc) is 3.19. The quantitative estimate of drug-likeness (QED) is 0.772. The molecule has 1 unspecified atom stereocenters. The number of likely N-dealkylation sites (N-methyl/N-ethyl adjacent to an activating group) is 1. The molecule has 1 aromatic heterocycles. The van der Waals surface area contributed by atoms with E-state index in [0.717, 1.165) is 23.5 Å². The molecule has 1 aliphatic rings. The Labute approximate surface area is 152 Å². The molecule has 1 atom stereocenters. The largest absolute Gasteiger partial charge is 0.341 e. The minimum atomic E-state index is -2.98. The summed E-state index contributed by atoms with van der Waals surface area (Å²) in [4.78, 5) is 18.5. The van der Waals surface area contributed by atoms with Gasteiger partial charge in [-0.15, -0.1) is 11.3 Å². The van der Waals surface area contributed by atoms with Gasteiger partial charge in [0.05, 0.1) is 28.6 Å². The van der Waals surface area contributed by atoms with Crippen molar-refractivity contribution in [3.8, 4) is 0 Å². The SMILES string of the molecule is CN(C(=O)Cc1csc(CCc2ccccc2)n1)C1CCS(=O)(=O)C1. The Bertz CT molecular complexity index is 831. The lowest BCUT2D eigenvalue weighted by atomic mass is 10.1. The molecule has 1 aliphatic heterocycles. The molecular weight excluding hydrogens is 356 g/mol. The van der Waals surface area contributed by atoms with E-state index in [-0.39, 0.29) is 29.9 Å². The van der Waals surface area contributed by atoms with Crippen LogP contribution in [-0.4, -0.2) is 48.8 Å². The fourth-order valence-corrected chi connectivity index (χ4v) is 5.58. The average molecular weight is 379 g/mol. The summed E-state index contributed by atoms with van der Waals surface area (Å²) in [5.74, 6) is 0.187. The second kappa shape index (κ2) is 7.66. The Morgan fingerprint density at radius 3 is 2.72 bits per heavy atom. The lowest BCUT2D eigenvalue weighted by molar-refractivity contribution is -0.130. The second-order valence-electron chi connectivity index (χ2n) is 6.46. The lowest BCUT2D eigenvalue weighted by Gasteiger charge is -2.23. The molecule has 0 saturated carbocycles. The number of carbonyl (C=O) groups is 1. The Kier molecular flexibility index (Phi) is 5.54. The Balaban J connectivity index is 1.53. The van der Waals surface area contributed by atoms with Crippen molar-refractivity contribution >= 4 is 27.1 Å². The third-order valence-corrected chi connectivity index (χ3v) is 7.26. The van der Waals surface area contributed by atoms with Crippen LogP contribution in [-0.2, 0) is 33.9 Å². The fraction of sp³-hybridized carbons (Fsp3) is 0.444. The molecule has 0 spiro atoms. The van der Waals surface area contributed by atoms with E-state index in [2.05, 4.69) is 17.1 Å². The van der Waals surface area contributed by atoms with Gasteiger partial charge in [-0.25, -0.2) is 13.4 Å². The van der Waals surface area contributed by atoms with E-state index in [1.165, 1.54) is 5.56 Å². The highest BCUT2D eigenvalue weighted by Gasteiger charge is 2.32. The van der Waals surface area contributed by atoms with Crippen LogP contribution in [0.4, 0.5) is 0 Å². The summed E-state index contributed by atoms with van der Waals surface area (Å²) < 4.78 is 23.1. The first-order valence-electron chi connectivity index (χ1n) is 8.36. The molecule has 0 radical (unpaired) electrons. The normalized spacial score (nSPS) is 19.0. The summed E-state index contributed by atoms with van der Waals surface area (Å²) in [6.07, 6.45) is 2.56. The fourth-order valence-electron chi connectivity index (χ4n) is 3.00. The van der Waals surface area contributed by atoms with Crippen molar-refractivity contribution in [2.45, 2.75) is 31.7 Å². The zero-order valence-electron chi connectivity index (χ0n) is 14.2. The van der Waals surface area contributed by atoms with Crippen LogP contribution in [0.3, 0.4) is 0 Å². The minimum absolute atomic E-state index is 0.0676. The van der Waals surface area contributed by atoms with Crippen LogP contribution in [0.5, 0.6) is 0 Å². The predicted molar refractivity (Wildman–Crippen MR) is 99.5 cm³/mol. The van der Waals surface area contributed by atoms with Gasteiger partial charge in [0.25, 0.3) is 0 Å². The minimum Gasteiger partial charge on any atom is -0.341 e. The predicted octanol–water partition coefficient (Wildman–Crippen LogP) is 2.12. The third kappa shape index (κ3) is 4.89. The molecule has 1 saturated heterocycles. The van der Waals surface area contributed by atoms with E-state index in [4.69, 9.17) is 0 Å². The molecule has 1 amide bonds. The summed E-state index contributed by atoms with van der Waals surface area (Å²) in [6, 6.07) is 10.1. The molecule has 0 N–H and O–H groups in total. The first-order chi connectivity index (χ1) is 11.9.